The van der Waals surface area contributed by atoms with Gasteiger partial charge in [0, 0.05) is 28.9 Å². The molecule has 3 aromatic rings. The Bertz CT molecular complexity index is 670. The number of thiazole rings is 1. The summed E-state index contributed by atoms with van der Waals surface area (Å²) in [6, 6.07) is 10.0. The molecule has 1 aromatic carbocycles. The zero-order valence-corrected chi connectivity index (χ0v) is 11.3. The lowest BCUT2D eigenvalue weighted by atomic mass is 10.3. The second-order valence-electron chi connectivity index (χ2n) is 4.37. The van der Waals surface area contributed by atoms with Crippen molar-refractivity contribution in [3.05, 3.63) is 53.8 Å². The number of nitrogens with two attached hydrogens (primary N) is 1. The SMILES string of the molecule is CC(N)c1cnc(-c2cnn(-c3ccccc3)c2)s1. The normalized spacial score (nSPS) is 12.5. The van der Waals surface area contributed by atoms with Gasteiger partial charge in [0.05, 0.1) is 11.9 Å². The van der Waals surface area contributed by atoms with Crippen molar-refractivity contribution in [1.29, 1.82) is 0 Å². The Morgan fingerprint density at radius 2 is 2.00 bits per heavy atom. The number of aromatic nitrogens is 3. The van der Waals surface area contributed by atoms with Crippen molar-refractivity contribution in [1.82, 2.24) is 14.8 Å². The molecular formula is C14H14N4S. The van der Waals surface area contributed by atoms with Gasteiger partial charge in [-0.25, -0.2) is 9.67 Å². The van der Waals surface area contributed by atoms with Crippen molar-refractivity contribution >= 4 is 11.3 Å². The Hall–Kier alpha value is -1.98. The van der Waals surface area contributed by atoms with Crippen LogP contribution in [0.2, 0.25) is 0 Å². The zero-order chi connectivity index (χ0) is 13.2. The molecule has 2 aromatic heterocycles. The van der Waals surface area contributed by atoms with E-state index >= 15 is 0 Å². The monoisotopic (exact) mass is 270 g/mol. The molecule has 0 aliphatic rings. The van der Waals surface area contributed by atoms with Crippen LogP contribution in [0.15, 0.2) is 48.9 Å². The third-order valence-electron chi connectivity index (χ3n) is 2.82. The Morgan fingerprint density at radius 3 is 2.68 bits per heavy atom. The number of para-hydroxylation sites is 1. The first-order valence-corrected chi connectivity index (χ1v) is 6.87. The van der Waals surface area contributed by atoms with Gasteiger partial charge in [-0.15, -0.1) is 11.3 Å². The smallest absolute Gasteiger partial charge is 0.126 e. The molecule has 0 radical (unpaired) electrons. The van der Waals surface area contributed by atoms with Gasteiger partial charge >= 0.3 is 0 Å². The minimum atomic E-state index is 0.0235. The number of hydrogen-bond acceptors (Lipinski definition) is 4. The first-order chi connectivity index (χ1) is 9.24. The average Bonchev–Trinajstić information content (AvgIpc) is 3.09. The van der Waals surface area contributed by atoms with Crippen LogP contribution in [0.3, 0.4) is 0 Å². The average molecular weight is 270 g/mol. The van der Waals surface area contributed by atoms with E-state index < -0.39 is 0 Å². The van der Waals surface area contributed by atoms with Crippen molar-refractivity contribution in [3.8, 4) is 16.3 Å². The molecule has 1 atom stereocenters. The van der Waals surface area contributed by atoms with Gasteiger partial charge < -0.3 is 5.73 Å². The van der Waals surface area contributed by atoms with Gasteiger partial charge in [-0.3, -0.25) is 0 Å². The molecule has 2 heterocycles. The topological polar surface area (TPSA) is 56.7 Å². The maximum Gasteiger partial charge on any atom is 0.126 e. The van der Waals surface area contributed by atoms with Gasteiger partial charge in [0.1, 0.15) is 5.01 Å². The highest BCUT2D eigenvalue weighted by atomic mass is 32.1. The van der Waals surface area contributed by atoms with Crippen LogP contribution in [-0.2, 0) is 0 Å². The van der Waals surface area contributed by atoms with E-state index in [9.17, 15) is 0 Å². The number of nitrogens with zero attached hydrogens (tertiary/aromatic N) is 3. The quantitative estimate of drug-likeness (QED) is 0.796. The fourth-order valence-electron chi connectivity index (χ4n) is 1.79. The van der Waals surface area contributed by atoms with Crippen LogP contribution in [0.25, 0.3) is 16.3 Å². The molecule has 19 heavy (non-hydrogen) atoms. The maximum absolute atomic E-state index is 5.85. The van der Waals surface area contributed by atoms with Crippen LogP contribution in [0, 0.1) is 0 Å². The summed E-state index contributed by atoms with van der Waals surface area (Å²) in [5.41, 5.74) is 7.91. The minimum Gasteiger partial charge on any atom is -0.323 e. The van der Waals surface area contributed by atoms with Crippen LogP contribution < -0.4 is 5.73 Å². The van der Waals surface area contributed by atoms with E-state index in [0.29, 0.717) is 0 Å². The van der Waals surface area contributed by atoms with Crippen LogP contribution in [0.1, 0.15) is 17.8 Å². The summed E-state index contributed by atoms with van der Waals surface area (Å²) < 4.78 is 1.85. The molecule has 2 N–H and O–H groups in total. The van der Waals surface area contributed by atoms with Crippen molar-refractivity contribution in [2.24, 2.45) is 5.73 Å². The van der Waals surface area contributed by atoms with Crippen LogP contribution in [0.5, 0.6) is 0 Å². The lowest BCUT2D eigenvalue weighted by Crippen LogP contribution is -2.01. The molecule has 0 aliphatic heterocycles. The van der Waals surface area contributed by atoms with Crippen LogP contribution in [-0.4, -0.2) is 14.8 Å². The lowest BCUT2D eigenvalue weighted by Gasteiger charge is -1.98. The molecule has 0 aliphatic carbocycles. The van der Waals surface area contributed by atoms with Gasteiger partial charge in [-0.05, 0) is 19.1 Å². The summed E-state index contributed by atoms with van der Waals surface area (Å²) in [6.45, 7) is 1.96. The Morgan fingerprint density at radius 1 is 1.21 bits per heavy atom. The summed E-state index contributed by atoms with van der Waals surface area (Å²) in [4.78, 5) is 5.49. The molecule has 0 saturated heterocycles. The van der Waals surface area contributed by atoms with Gasteiger partial charge in [0.15, 0.2) is 0 Å². The standard InChI is InChI=1S/C14H14N4S/c1-10(15)13-8-16-14(19-13)11-7-17-18(9-11)12-5-3-2-4-6-12/h2-10H,15H2,1H3. The van der Waals surface area contributed by atoms with Crippen LogP contribution >= 0.6 is 11.3 Å². The van der Waals surface area contributed by atoms with Gasteiger partial charge in [-0.2, -0.15) is 5.10 Å². The lowest BCUT2D eigenvalue weighted by molar-refractivity contribution is 0.835. The molecular weight excluding hydrogens is 256 g/mol. The predicted octanol–water partition coefficient (Wildman–Crippen LogP) is 3.02. The molecule has 0 fully saturated rings. The van der Waals surface area contributed by atoms with E-state index in [0.717, 1.165) is 21.1 Å². The van der Waals surface area contributed by atoms with Crippen molar-refractivity contribution in [3.63, 3.8) is 0 Å². The van der Waals surface area contributed by atoms with Crippen molar-refractivity contribution in [2.45, 2.75) is 13.0 Å². The second-order valence-corrected chi connectivity index (χ2v) is 5.43. The van der Waals surface area contributed by atoms with Gasteiger partial charge in [-0.1, -0.05) is 18.2 Å². The van der Waals surface area contributed by atoms with Crippen molar-refractivity contribution < 1.29 is 0 Å². The minimum absolute atomic E-state index is 0.0235. The molecule has 0 bridgehead atoms. The Balaban J connectivity index is 1.92. The summed E-state index contributed by atoms with van der Waals surface area (Å²) in [5, 5.41) is 5.32. The van der Waals surface area contributed by atoms with E-state index in [4.69, 9.17) is 5.73 Å². The molecule has 96 valence electrons. The molecule has 5 heteroatoms. The highest BCUT2D eigenvalue weighted by Crippen LogP contribution is 2.27. The first kappa shape index (κ1) is 12.1. The predicted molar refractivity (Wildman–Crippen MR) is 77.3 cm³/mol. The third kappa shape index (κ3) is 2.43. The van der Waals surface area contributed by atoms with Crippen molar-refractivity contribution in [2.75, 3.05) is 0 Å². The third-order valence-corrected chi connectivity index (χ3v) is 4.07. The van der Waals surface area contributed by atoms with E-state index in [1.54, 1.807) is 11.3 Å². The van der Waals surface area contributed by atoms with E-state index in [2.05, 4.69) is 10.1 Å². The molecule has 0 amide bonds. The van der Waals surface area contributed by atoms with Gasteiger partial charge in [0.2, 0.25) is 0 Å². The van der Waals surface area contributed by atoms with Gasteiger partial charge in [0.25, 0.3) is 0 Å². The zero-order valence-electron chi connectivity index (χ0n) is 10.5. The van der Waals surface area contributed by atoms with E-state index in [-0.39, 0.29) is 6.04 Å². The second kappa shape index (κ2) is 4.95. The summed E-state index contributed by atoms with van der Waals surface area (Å²) in [5.74, 6) is 0. The largest absolute Gasteiger partial charge is 0.323 e. The molecule has 0 saturated carbocycles. The Kier molecular flexibility index (Phi) is 3.15. The number of benzene rings is 1. The van der Waals surface area contributed by atoms with Crippen LogP contribution in [0.4, 0.5) is 0 Å². The first-order valence-electron chi connectivity index (χ1n) is 6.06. The molecule has 3 rings (SSSR count). The molecule has 0 spiro atoms. The fraction of sp³-hybridized carbons (Fsp3) is 0.143. The maximum atomic E-state index is 5.85. The Labute approximate surface area is 115 Å². The van der Waals surface area contributed by atoms with E-state index in [1.807, 2.05) is 60.5 Å². The summed E-state index contributed by atoms with van der Waals surface area (Å²) in [6.07, 6.45) is 5.65. The number of hydrogen-bond donors (Lipinski definition) is 1. The summed E-state index contributed by atoms with van der Waals surface area (Å²) >= 11 is 1.61. The number of rotatable bonds is 3. The highest BCUT2D eigenvalue weighted by molar-refractivity contribution is 7.15. The highest BCUT2D eigenvalue weighted by Gasteiger charge is 2.10. The molecule has 1 unspecified atom stereocenters. The van der Waals surface area contributed by atoms with E-state index in [1.165, 1.54) is 0 Å². The summed E-state index contributed by atoms with van der Waals surface area (Å²) in [7, 11) is 0. The molecule has 4 nitrogen and oxygen atoms in total. The fourth-order valence-corrected chi connectivity index (χ4v) is 2.63.